The maximum atomic E-state index is 13.8. The Balaban J connectivity index is 2.33. The summed E-state index contributed by atoms with van der Waals surface area (Å²) in [6.45, 7) is 3.57. The van der Waals surface area contributed by atoms with Gasteiger partial charge in [0.15, 0.2) is 11.6 Å². The van der Waals surface area contributed by atoms with Crippen LogP contribution in [0.5, 0.6) is 0 Å². The summed E-state index contributed by atoms with van der Waals surface area (Å²) in [6.07, 6.45) is 1.02. The van der Waals surface area contributed by atoms with Crippen LogP contribution < -0.4 is 5.32 Å². The molecule has 0 bridgehead atoms. The van der Waals surface area contributed by atoms with E-state index < -0.39 is 11.6 Å². The minimum Gasteiger partial charge on any atom is -0.313 e. The van der Waals surface area contributed by atoms with E-state index in [2.05, 4.69) is 12.2 Å². The zero-order valence-corrected chi connectivity index (χ0v) is 12.0. The number of benzene rings is 2. The summed E-state index contributed by atoms with van der Waals surface area (Å²) in [4.78, 5) is 0. The SMILES string of the molecule is CCCNCc1cc(-c2cccc(F)c2F)ccc1Cl. The second-order valence-electron chi connectivity index (χ2n) is 4.58. The molecule has 0 aliphatic rings. The lowest BCUT2D eigenvalue weighted by atomic mass is 10.0. The van der Waals surface area contributed by atoms with Crippen molar-refractivity contribution in [3.05, 3.63) is 58.6 Å². The highest BCUT2D eigenvalue weighted by Crippen LogP contribution is 2.28. The highest BCUT2D eigenvalue weighted by atomic mass is 35.5. The zero-order valence-electron chi connectivity index (χ0n) is 11.2. The van der Waals surface area contributed by atoms with E-state index >= 15 is 0 Å². The van der Waals surface area contributed by atoms with Gasteiger partial charge in [-0.3, -0.25) is 0 Å². The standard InChI is InChI=1S/C16H16ClF2N/c1-2-8-20-10-12-9-11(6-7-14(12)17)13-4-3-5-15(18)16(13)19/h3-7,9,20H,2,8,10H2,1H3. The van der Waals surface area contributed by atoms with Crippen molar-refractivity contribution in [1.29, 1.82) is 0 Å². The van der Waals surface area contributed by atoms with Crippen LogP contribution in [0.1, 0.15) is 18.9 Å². The molecule has 0 atom stereocenters. The fraction of sp³-hybridized carbons (Fsp3) is 0.250. The van der Waals surface area contributed by atoms with Gasteiger partial charge in [-0.25, -0.2) is 8.78 Å². The molecular formula is C16H16ClF2N. The third-order valence-corrected chi connectivity index (χ3v) is 3.42. The minimum atomic E-state index is -0.844. The molecule has 1 N–H and O–H groups in total. The van der Waals surface area contributed by atoms with Gasteiger partial charge in [-0.15, -0.1) is 0 Å². The summed E-state index contributed by atoms with van der Waals surface area (Å²) < 4.78 is 27.1. The average molecular weight is 296 g/mol. The highest BCUT2D eigenvalue weighted by molar-refractivity contribution is 6.31. The first-order valence-corrected chi connectivity index (χ1v) is 6.94. The molecule has 2 aromatic carbocycles. The average Bonchev–Trinajstić information content (AvgIpc) is 2.44. The Morgan fingerprint density at radius 2 is 1.95 bits per heavy atom. The van der Waals surface area contributed by atoms with Gasteiger partial charge in [0.2, 0.25) is 0 Å². The number of nitrogens with one attached hydrogen (secondary N) is 1. The van der Waals surface area contributed by atoms with Crippen molar-refractivity contribution in [2.24, 2.45) is 0 Å². The van der Waals surface area contributed by atoms with E-state index in [0.29, 0.717) is 17.1 Å². The van der Waals surface area contributed by atoms with Crippen molar-refractivity contribution < 1.29 is 8.78 Å². The fourth-order valence-corrected chi connectivity index (χ4v) is 2.19. The topological polar surface area (TPSA) is 12.0 Å². The maximum Gasteiger partial charge on any atom is 0.166 e. The lowest BCUT2D eigenvalue weighted by molar-refractivity contribution is 0.511. The third-order valence-electron chi connectivity index (χ3n) is 3.05. The molecule has 4 heteroatoms. The van der Waals surface area contributed by atoms with E-state index in [1.807, 2.05) is 0 Å². The molecule has 0 spiro atoms. The summed E-state index contributed by atoms with van der Waals surface area (Å²) in [5.74, 6) is -1.68. The molecule has 2 aromatic rings. The first-order valence-electron chi connectivity index (χ1n) is 6.57. The molecule has 0 saturated heterocycles. The first-order chi connectivity index (χ1) is 9.63. The van der Waals surface area contributed by atoms with Gasteiger partial charge in [0.1, 0.15) is 0 Å². The molecule has 0 aromatic heterocycles. The third kappa shape index (κ3) is 3.35. The molecule has 1 nitrogen and oxygen atoms in total. The second-order valence-corrected chi connectivity index (χ2v) is 4.99. The van der Waals surface area contributed by atoms with Gasteiger partial charge in [-0.05, 0) is 42.3 Å². The van der Waals surface area contributed by atoms with Gasteiger partial charge in [0, 0.05) is 17.1 Å². The van der Waals surface area contributed by atoms with E-state index in [1.54, 1.807) is 24.3 Å². The van der Waals surface area contributed by atoms with E-state index in [4.69, 9.17) is 11.6 Å². The van der Waals surface area contributed by atoms with Gasteiger partial charge < -0.3 is 5.32 Å². The van der Waals surface area contributed by atoms with Gasteiger partial charge in [-0.2, -0.15) is 0 Å². The van der Waals surface area contributed by atoms with E-state index in [0.717, 1.165) is 24.6 Å². The fourth-order valence-electron chi connectivity index (χ4n) is 2.00. The van der Waals surface area contributed by atoms with Crippen LogP contribution in [0, 0.1) is 11.6 Å². The van der Waals surface area contributed by atoms with Crippen molar-refractivity contribution in [3.8, 4) is 11.1 Å². The van der Waals surface area contributed by atoms with Crippen LogP contribution in [-0.4, -0.2) is 6.54 Å². The number of halogens is 3. The number of rotatable bonds is 5. The Bertz CT molecular complexity index is 599. The van der Waals surface area contributed by atoms with Crippen LogP contribution in [0.2, 0.25) is 5.02 Å². The Kier molecular flexibility index (Phi) is 5.10. The van der Waals surface area contributed by atoms with Crippen LogP contribution in [0.15, 0.2) is 36.4 Å². The van der Waals surface area contributed by atoms with Crippen LogP contribution in [0.3, 0.4) is 0 Å². The summed E-state index contributed by atoms with van der Waals surface area (Å²) >= 11 is 6.13. The van der Waals surface area contributed by atoms with E-state index in [9.17, 15) is 8.78 Å². The largest absolute Gasteiger partial charge is 0.313 e. The quantitative estimate of drug-likeness (QED) is 0.782. The molecule has 2 rings (SSSR count). The van der Waals surface area contributed by atoms with E-state index in [1.165, 1.54) is 6.07 Å². The Labute approximate surface area is 122 Å². The van der Waals surface area contributed by atoms with Crippen molar-refractivity contribution in [2.75, 3.05) is 6.54 Å². The molecule has 20 heavy (non-hydrogen) atoms. The van der Waals surface area contributed by atoms with Gasteiger partial charge >= 0.3 is 0 Å². The Morgan fingerprint density at radius 3 is 2.70 bits per heavy atom. The first kappa shape index (κ1) is 14.9. The smallest absolute Gasteiger partial charge is 0.166 e. The van der Waals surface area contributed by atoms with Crippen LogP contribution in [0.4, 0.5) is 8.78 Å². The zero-order chi connectivity index (χ0) is 14.5. The highest BCUT2D eigenvalue weighted by Gasteiger charge is 2.11. The van der Waals surface area contributed by atoms with Crippen molar-refractivity contribution >= 4 is 11.6 Å². The molecule has 0 amide bonds. The monoisotopic (exact) mass is 295 g/mol. The molecular weight excluding hydrogens is 280 g/mol. The predicted molar refractivity (Wildman–Crippen MR) is 78.8 cm³/mol. The number of hydrogen-bond donors (Lipinski definition) is 1. The minimum absolute atomic E-state index is 0.249. The molecule has 0 unspecified atom stereocenters. The Morgan fingerprint density at radius 1 is 1.15 bits per heavy atom. The van der Waals surface area contributed by atoms with Gasteiger partial charge in [-0.1, -0.05) is 36.7 Å². The molecule has 0 aliphatic heterocycles. The molecule has 0 radical (unpaired) electrons. The number of hydrogen-bond acceptors (Lipinski definition) is 1. The van der Waals surface area contributed by atoms with Crippen molar-refractivity contribution in [1.82, 2.24) is 5.32 Å². The molecule has 0 saturated carbocycles. The van der Waals surface area contributed by atoms with Crippen LogP contribution in [0.25, 0.3) is 11.1 Å². The summed E-state index contributed by atoms with van der Waals surface area (Å²) in [7, 11) is 0. The summed E-state index contributed by atoms with van der Waals surface area (Å²) in [5, 5.41) is 3.86. The lowest BCUT2D eigenvalue weighted by Gasteiger charge is -2.10. The van der Waals surface area contributed by atoms with E-state index in [-0.39, 0.29) is 5.56 Å². The van der Waals surface area contributed by atoms with Crippen molar-refractivity contribution in [3.63, 3.8) is 0 Å². The second kappa shape index (κ2) is 6.82. The normalized spacial score (nSPS) is 10.8. The maximum absolute atomic E-state index is 13.8. The van der Waals surface area contributed by atoms with Crippen molar-refractivity contribution in [2.45, 2.75) is 19.9 Å². The van der Waals surface area contributed by atoms with Gasteiger partial charge in [0.25, 0.3) is 0 Å². The predicted octanol–water partition coefficient (Wildman–Crippen LogP) is 4.78. The van der Waals surface area contributed by atoms with Crippen LogP contribution in [-0.2, 0) is 6.54 Å². The lowest BCUT2D eigenvalue weighted by Crippen LogP contribution is -2.14. The van der Waals surface area contributed by atoms with Crippen LogP contribution >= 0.6 is 11.6 Å². The molecule has 0 heterocycles. The molecule has 0 aliphatic carbocycles. The van der Waals surface area contributed by atoms with Gasteiger partial charge in [0.05, 0.1) is 0 Å². The summed E-state index contributed by atoms with van der Waals surface area (Å²) in [5.41, 5.74) is 1.75. The summed E-state index contributed by atoms with van der Waals surface area (Å²) in [6, 6.07) is 9.37. The Hall–Kier alpha value is -1.45. The molecule has 0 fully saturated rings. The molecule has 106 valence electrons.